The predicted molar refractivity (Wildman–Crippen MR) is 71.5 cm³/mol. The summed E-state index contributed by atoms with van der Waals surface area (Å²) in [5.74, 6) is -0.457. The van der Waals surface area contributed by atoms with E-state index in [2.05, 4.69) is 9.46 Å². The van der Waals surface area contributed by atoms with Crippen molar-refractivity contribution >= 4 is 38.6 Å². The molecular formula is C10H12INO4S. The molecule has 1 aromatic carbocycles. The van der Waals surface area contributed by atoms with Crippen molar-refractivity contribution < 1.29 is 17.9 Å². The van der Waals surface area contributed by atoms with Crippen LogP contribution in [-0.4, -0.2) is 32.0 Å². The average molecular weight is 369 g/mol. The maximum atomic E-state index is 11.8. The van der Waals surface area contributed by atoms with E-state index in [4.69, 9.17) is 0 Å². The number of carbonyl (C=O) groups is 1. The first-order valence-electron chi connectivity index (χ1n) is 4.74. The SMILES string of the molecule is COC(=O)C(I)CNS(=O)(=O)c1ccccc1. The number of sulfonamides is 1. The lowest BCUT2D eigenvalue weighted by atomic mass is 10.4. The van der Waals surface area contributed by atoms with E-state index < -0.39 is 19.9 Å². The van der Waals surface area contributed by atoms with Gasteiger partial charge in [0.1, 0.15) is 3.92 Å². The Labute approximate surface area is 114 Å². The van der Waals surface area contributed by atoms with E-state index in [-0.39, 0.29) is 11.4 Å². The maximum absolute atomic E-state index is 11.8. The van der Waals surface area contributed by atoms with Crippen molar-refractivity contribution in [3.05, 3.63) is 30.3 Å². The molecule has 0 heterocycles. The molecule has 0 saturated carbocycles. The molecule has 1 atom stereocenters. The van der Waals surface area contributed by atoms with Gasteiger partial charge >= 0.3 is 5.97 Å². The van der Waals surface area contributed by atoms with E-state index in [0.29, 0.717) is 0 Å². The molecule has 0 aliphatic rings. The summed E-state index contributed by atoms with van der Waals surface area (Å²) >= 11 is 1.83. The van der Waals surface area contributed by atoms with Crippen LogP contribution in [-0.2, 0) is 19.6 Å². The molecular weight excluding hydrogens is 357 g/mol. The highest BCUT2D eigenvalue weighted by Crippen LogP contribution is 2.08. The lowest BCUT2D eigenvalue weighted by molar-refractivity contribution is -0.139. The van der Waals surface area contributed by atoms with Crippen LogP contribution < -0.4 is 4.72 Å². The fourth-order valence-corrected chi connectivity index (χ4v) is 2.92. The van der Waals surface area contributed by atoms with Crippen LogP contribution in [0.1, 0.15) is 0 Å². The van der Waals surface area contributed by atoms with E-state index in [9.17, 15) is 13.2 Å². The van der Waals surface area contributed by atoms with Crippen molar-refractivity contribution in [1.29, 1.82) is 0 Å². The van der Waals surface area contributed by atoms with Gasteiger partial charge in [-0.2, -0.15) is 0 Å². The summed E-state index contributed by atoms with van der Waals surface area (Å²) in [6, 6.07) is 7.98. The molecule has 1 aromatic rings. The van der Waals surface area contributed by atoms with Gasteiger partial charge in [-0.25, -0.2) is 13.1 Å². The summed E-state index contributed by atoms with van der Waals surface area (Å²) in [5.41, 5.74) is 0. The molecule has 0 amide bonds. The zero-order valence-electron chi connectivity index (χ0n) is 9.09. The Morgan fingerprint density at radius 1 is 1.41 bits per heavy atom. The van der Waals surface area contributed by atoms with Crippen LogP contribution in [0.5, 0.6) is 0 Å². The molecule has 7 heteroatoms. The van der Waals surface area contributed by atoms with Gasteiger partial charge in [0.2, 0.25) is 10.0 Å². The quantitative estimate of drug-likeness (QED) is 0.477. The first kappa shape index (κ1) is 14.4. The van der Waals surface area contributed by atoms with Gasteiger partial charge in [-0.1, -0.05) is 40.8 Å². The Hall–Kier alpha value is -0.670. The summed E-state index contributed by atoms with van der Waals surface area (Å²) in [6.45, 7) is 0.00443. The molecule has 0 bridgehead atoms. The number of carbonyl (C=O) groups excluding carboxylic acids is 1. The molecule has 0 spiro atoms. The Morgan fingerprint density at radius 3 is 2.53 bits per heavy atom. The lowest BCUT2D eigenvalue weighted by Crippen LogP contribution is -2.33. The van der Waals surface area contributed by atoms with Gasteiger partial charge in [0.25, 0.3) is 0 Å². The van der Waals surface area contributed by atoms with E-state index in [1.807, 2.05) is 22.6 Å². The fraction of sp³-hybridized carbons (Fsp3) is 0.300. The van der Waals surface area contributed by atoms with Crippen molar-refractivity contribution in [2.75, 3.05) is 13.7 Å². The van der Waals surface area contributed by atoms with Crippen LogP contribution in [0, 0.1) is 0 Å². The van der Waals surface area contributed by atoms with Gasteiger partial charge in [-0.15, -0.1) is 0 Å². The largest absolute Gasteiger partial charge is 0.468 e. The Kier molecular flexibility index (Phi) is 5.34. The number of ether oxygens (including phenoxy) is 1. The summed E-state index contributed by atoms with van der Waals surface area (Å²) in [6.07, 6.45) is 0. The monoisotopic (exact) mass is 369 g/mol. The molecule has 0 aromatic heterocycles. The van der Waals surface area contributed by atoms with Gasteiger partial charge in [-0.3, -0.25) is 4.79 Å². The number of alkyl halides is 1. The number of rotatable bonds is 5. The summed E-state index contributed by atoms with van der Waals surface area (Å²) < 4.78 is 29.9. The lowest BCUT2D eigenvalue weighted by Gasteiger charge is -2.09. The topological polar surface area (TPSA) is 72.5 Å². The van der Waals surface area contributed by atoms with E-state index in [0.717, 1.165) is 0 Å². The second-order valence-corrected chi connectivity index (χ2v) is 6.43. The molecule has 1 rings (SSSR count). The second-order valence-electron chi connectivity index (χ2n) is 3.16. The predicted octanol–water partition coefficient (Wildman–Crippen LogP) is 0.941. The number of methoxy groups -OCH3 is 1. The third kappa shape index (κ3) is 4.25. The number of hydrogen-bond donors (Lipinski definition) is 1. The molecule has 0 saturated heterocycles. The highest BCUT2D eigenvalue weighted by atomic mass is 127. The third-order valence-corrected chi connectivity index (χ3v) is 4.35. The Morgan fingerprint density at radius 2 is 2.00 bits per heavy atom. The second kappa shape index (κ2) is 6.31. The molecule has 0 aliphatic heterocycles. The van der Waals surface area contributed by atoms with Crippen molar-refractivity contribution in [1.82, 2.24) is 4.72 Å². The van der Waals surface area contributed by atoms with Crippen molar-refractivity contribution in [3.63, 3.8) is 0 Å². The van der Waals surface area contributed by atoms with Crippen LogP contribution >= 0.6 is 22.6 Å². The zero-order valence-corrected chi connectivity index (χ0v) is 12.1. The van der Waals surface area contributed by atoms with E-state index >= 15 is 0 Å². The van der Waals surface area contributed by atoms with Gasteiger partial charge in [-0.05, 0) is 12.1 Å². The fourth-order valence-electron chi connectivity index (χ4n) is 1.08. The van der Waals surface area contributed by atoms with Gasteiger partial charge in [0.15, 0.2) is 0 Å². The van der Waals surface area contributed by atoms with Crippen LogP contribution in [0.4, 0.5) is 0 Å². The number of esters is 1. The van der Waals surface area contributed by atoms with Gasteiger partial charge < -0.3 is 4.74 Å². The summed E-state index contributed by atoms with van der Waals surface area (Å²) in [7, 11) is -2.30. The first-order valence-corrected chi connectivity index (χ1v) is 7.47. The highest BCUT2D eigenvalue weighted by molar-refractivity contribution is 14.1. The van der Waals surface area contributed by atoms with Crippen molar-refractivity contribution in [2.24, 2.45) is 0 Å². The van der Waals surface area contributed by atoms with Crippen LogP contribution in [0.15, 0.2) is 35.2 Å². The number of benzene rings is 1. The van der Waals surface area contributed by atoms with Crippen molar-refractivity contribution in [3.8, 4) is 0 Å². The van der Waals surface area contributed by atoms with Crippen LogP contribution in [0.3, 0.4) is 0 Å². The van der Waals surface area contributed by atoms with Crippen LogP contribution in [0.25, 0.3) is 0 Å². The van der Waals surface area contributed by atoms with Gasteiger partial charge in [0.05, 0.1) is 12.0 Å². The maximum Gasteiger partial charge on any atom is 0.319 e. The molecule has 17 heavy (non-hydrogen) atoms. The van der Waals surface area contributed by atoms with E-state index in [1.165, 1.54) is 19.2 Å². The summed E-state index contributed by atoms with van der Waals surface area (Å²) in [4.78, 5) is 11.3. The number of nitrogens with one attached hydrogen (secondary N) is 1. The standard InChI is InChI=1S/C10H12INO4S/c1-16-10(13)9(11)7-12-17(14,15)8-5-3-2-4-6-8/h2-6,9,12H,7H2,1H3. The molecule has 0 fully saturated rings. The molecule has 5 nitrogen and oxygen atoms in total. The smallest absolute Gasteiger partial charge is 0.319 e. The average Bonchev–Trinajstić information content (AvgIpc) is 2.36. The van der Waals surface area contributed by atoms with Gasteiger partial charge in [0, 0.05) is 6.54 Å². The number of hydrogen-bond acceptors (Lipinski definition) is 4. The van der Waals surface area contributed by atoms with Crippen molar-refractivity contribution in [2.45, 2.75) is 8.82 Å². The number of halogens is 1. The van der Waals surface area contributed by atoms with Crippen LogP contribution in [0.2, 0.25) is 0 Å². The molecule has 1 unspecified atom stereocenters. The Bertz CT molecular complexity index is 474. The molecule has 94 valence electrons. The normalized spacial score (nSPS) is 13.1. The minimum Gasteiger partial charge on any atom is -0.468 e. The highest BCUT2D eigenvalue weighted by Gasteiger charge is 2.19. The third-order valence-electron chi connectivity index (χ3n) is 1.96. The van der Waals surface area contributed by atoms with E-state index in [1.54, 1.807) is 18.2 Å². The Balaban J connectivity index is 2.66. The summed E-state index contributed by atoms with van der Waals surface area (Å²) in [5, 5.41) is 0. The minimum absolute atomic E-state index is 0.00443. The molecule has 0 aliphatic carbocycles. The molecule has 0 radical (unpaired) electrons. The zero-order chi connectivity index (χ0) is 12.9. The minimum atomic E-state index is -3.56. The molecule has 1 N–H and O–H groups in total. The first-order chi connectivity index (χ1) is 7.97.